The summed E-state index contributed by atoms with van der Waals surface area (Å²) in [6.45, 7) is 4.43. The van der Waals surface area contributed by atoms with Crippen LogP contribution in [-0.4, -0.2) is 20.9 Å². The number of halogens is 1. The summed E-state index contributed by atoms with van der Waals surface area (Å²) in [5, 5.41) is 5.19. The Morgan fingerprint density at radius 2 is 1.71 bits per heavy atom. The molecule has 0 saturated heterocycles. The normalized spacial score (nSPS) is 11.0. The van der Waals surface area contributed by atoms with Gasteiger partial charge in [-0.25, -0.2) is 9.18 Å². The van der Waals surface area contributed by atoms with Crippen molar-refractivity contribution in [3.63, 3.8) is 0 Å². The van der Waals surface area contributed by atoms with Crippen LogP contribution in [0.5, 0.6) is 0 Å². The number of carbonyl (C=O) groups is 2. The third kappa shape index (κ3) is 4.63. The molecule has 2 aromatic carbocycles. The highest BCUT2D eigenvalue weighted by Gasteiger charge is 2.16. The predicted molar refractivity (Wildman–Crippen MR) is 128 cm³/mol. The lowest BCUT2D eigenvalue weighted by Gasteiger charge is -2.10. The van der Waals surface area contributed by atoms with Crippen LogP contribution in [0, 0.1) is 12.7 Å². The molecule has 0 fully saturated rings. The number of nitrogens with zero attached hydrogens (tertiary/aromatic N) is 2. The van der Waals surface area contributed by atoms with Crippen molar-refractivity contribution in [2.45, 2.75) is 39.8 Å². The van der Waals surface area contributed by atoms with Crippen LogP contribution in [0.1, 0.15) is 35.9 Å². The van der Waals surface area contributed by atoms with Crippen LogP contribution in [0.4, 0.5) is 15.8 Å². The molecule has 0 radical (unpaired) electrons. The minimum Gasteiger partial charge on any atom is -0.469 e. The lowest BCUT2D eigenvalue weighted by molar-refractivity contribution is -0.116. The molecular formula is C25H25FN4O4. The van der Waals surface area contributed by atoms with Gasteiger partial charge >= 0.3 is 5.69 Å². The first-order valence-electron chi connectivity index (χ1n) is 11.0. The monoisotopic (exact) mass is 464 g/mol. The number of fused-ring (bicyclic) bond motifs is 1. The number of rotatable bonds is 8. The lowest BCUT2D eigenvalue weighted by Crippen LogP contribution is -2.26. The number of hydrogen-bond donors (Lipinski definition) is 2. The SMILES string of the molecule is CCCn1c(=O)n(CCC(=O)Nc2ccc(F)c(NC(=O)c3ccoc3C)c2)c2ccccc21. The molecule has 0 aliphatic rings. The first-order chi connectivity index (χ1) is 16.4. The van der Waals surface area contributed by atoms with Crippen LogP contribution >= 0.6 is 0 Å². The fourth-order valence-electron chi connectivity index (χ4n) is 3.87. The number of furan rings is 1. The van der Waals surface area contributed by atoms with Gasteiger partial charge in [0.05, 0.1) is 28.5 Å². The molecule has 0 spiro atoms. The average molecular weight is 464 g/mol. The molecule has 176 valence electrons. The maximum Gasteiger partial charge on any atom is 0.329 e. The van der Waals surface area contributed by atoms with Crippen molar-refractivity contribution >= 4 is 34.2 Å². The molecule has 0 aliphatic heterocycles. The molecule has 0 bridgehead atoms. The topological polar surface area (TPSA) is 98.3 Å². The molecule has 4 aromatic rings. The zero-order valence-corrected chi connectivity index (χ0v) is 18.9. The maximum absolute atomic E-state index is 14.2. The van der Waals surface area contributed by atoms with Gasteiger partial charge in [-0.15, -0.1) is 0 Å². The zero-order chi connectivity index (χ0) is 24.2. The second kappa shape index (κ2) is 9.78. The van der Waals surface area contributed by atoms with Gasteiger partial charge in [0.15, 0.2) is 0 Å². The Morgan fingerprint density at radius 3 is 2.35 bits per heavy atom. The van der Waals surface area contributed by atoms with E-state index in [1.807, 2.05) is 31.2 Å². The minimum atomic E-state index is -0.636. The lowest BCUT2D eigenvalue weighted by atomic mass is 10.2. The van der Waals surface area contributed by atoms with Crippen LogP contribution in [0.25, 0.3) is 11.0 Å². The molecule has 0 atom stereocenters. The van der Waals surface area contributed by atoms with E-state index < -0.39 is 11.7 Å². The summed E-state index contributed by atoms with van der Waals surface area (Å²) < 4.78 is 22.7. The van der Waals surface area contributed by atoms with Crippen LogP contribution in [0.3, 0.4) is 0 Å². The predicted octanol–water partition coefficient (Wildman–Crippen LogP) is 4.53. The van der Waals surface area contributed by atoms with Gasteiger partial charge < -0.3 is 15.1 Å². The molecule has 0 unspecified atom stereocenters. The maximum atomic E-state index is 14.2. The number of anilines is 2. The van der Waals surface area contributed by atoms with E-state index in [4.69, 9.17) is 4.42 Å². The van der Waals surface area contributed by atoms with E-state index in [2.05, 4.69) is 10.6 Å². The molecule has 4 rings (SSSR count). The first-order valence-corrected chi connectivity index (χ1v) is 11.0. The van der Waals surface area contributed by atoms with Crippen molar-refractivity contribution in [3.8, 4) is 0 Å². The first kappa shape index (κ1) is 23.0. The van der Waals surface area contributed by atoms with Crippen LogP contribution in [-0.2, 0) is 17.9 Å². The number of amides is 2. The number of aryl methyl sites for hydroxylation is 3. The minimum absolute atomic E-state index is 0.0489. The van der Waals surface area contributed by atoms with Crippen LogP contribution in [0.2, 0.25) is 0 Å². The third-order valence-electron chi connectivity index (χ3n) is 5.54. The van der Waals surface area contributed by atoms with Gasteiger partial charge in [0, 0.05) is 25.2 Å². The van der Waals surface area contributed by atoms with Crippen molar-refractivity contribution in [3.05, 3.63) is 82.4 Å². The van der Waals surface area contributed by atoms with Crippen molar-refractivity contribution in [2.24, 2.45) is 0 Å². The second-order valence-electron chi connectivity index (χ2n) is 7.91. The van der Waals surface area contributed by atoms with Crippen molar-refractivity contribution in [1.82, 2.24) is 9.13 Å². The van der Waals surface area contributed by atoms with Gasteiger partial charge in [0.1, 0.15) is 11.6 Å². The number of aromatic nitrogens is 2. The van der Waals surface area contributed by atoms with E-state index >= 15 is 0 Å². The summed E-state index contributed by atoms with van der Waals surface area (Å²) in [4.78, 5) is 37.8. The third-order valence-corrected chi connectivity index (χ3v) is 5.54. The summed E-state index contributed by atoms with van der Waals surface area (Å²) in [6, 6.07) is 12.9. The number of para-hydroxylation sites is 2. The highest BCUT2D eigenvalue weighted by atomic mass is 19.1. The second-order valence-corrected chi connectivity index (χ2v) is 7.91. The molecule has 9 heteroatoms. The molecule has 2 amide bonds. The average Bonchev–Trinajstić information content (AvgIpc) is 3.36. The van der Waals surface area contributed by atoms with Crippen molar-refractivity contribution < 1.29 is 18.4 Å². The Kier molecular flexibility index (Phi) is 6.62. The van der Waals surface area contributed by atoms with Crippen LogP contribution < -0.4 is 16.3 Å². The standard InChI is InChI=1S/C25H25FN4O4/c1-3-12-29-21-6-4-5-7-22(21)30(25(29)33)13-10-23(31)27-17-8-9-19(26)20(15-17)28-24(32)18-11-14-34-16(18)2/h4-9,11,14-15H,3,10,12-13H2,1-2H3,(H,27,31)(H,28,32). The Hall–Kier alpha value is -4.14. The summed E-state index contributed by atoms with van der Waals surface area (Å²) >= 11 is 0. The molecule has 0 saturated carbocycles. The number of hydrogen-bond acceptors (Lipinski definition) is 4. The molecular weight excluding hydrogens is 439 g/mol. The van der Waals surface area contributed by atoms with Gasteiger partial charge in [-0.05, 0) is 49.7 Å². The van der Waals surface area contributed by atoms with Gasteiger partial charge in [-0.1, -0.05) is 19.1 Å². The summed E-state index contributed by atoms with van der Waals surface area (Å²) in [7, 11) is 0. The highest BCUT2D eigenvalue weighted by molar-refractivity contribution is 6.05. The van der Waals surface area contributed by atoms with Crippen molar-refractivity contribution in [1.29, 1.82) is 0 Å². The fraction of sp³-hybridized carbons (Fsp3) is 0.240. The molecule has 8 nitrogen and oxygen atoms in total. The molecule has 34 heavy (non-hydrogen) atoms. The fourth-order valence-corrected chi connectivity index (χ4v) is 3.87. The Morgan fingerprint density at radius 1 is 1.00 bits per heavy atom. The Bertz CT molecular complexity index is 1420. The van der Waals surface area contributed by atoms with Gasteiger partial charge in [0.2, 0.25) is 5.91 Å². The molecule has 2 N–H and O–H groups in total. The summed E-state index contributed by atoms with van der Waals surface area (Å²) in [6.07, 6.45) is 2.24. The summed E-state index contributed by atoms with van der Waals surface area (Å²) in [5.74, 6) is -1.08. The van der Waals surface area contributed by atoms with Crippen molar-refractivity contribution in [2.75, 3.05) is 10.6 Å². The zero-order valence-electron chi connectivity index (χ0n) is 18.9. The smallest absolute Gasteiger partial charge is 0.329 e. The number of imidazole rings is 1. The number of carbonyl (C=O) groups excluding carboxylic acids is 2. The molecule has 2 heterocycles. The molecule has 0 aliphatic carbocycles. The van der Waals surface area contributed by atoms with E-state index in [9.17, 15) is 18.8 Å². The highest BCUT2D eigenvalue weighted by Crippen LogP contribution is 2.22. The van der Waals surface area contributed by atoms with E-state index in [1.165, 1.54) is 24.5 Å². The van der Waals surface area contributed by atoms with Gasteiger partial charge in [-0.2, -0.15) is 0 Å². The quantitative estimate of drug-likeness (QED) is 0.400. The Labute approximate surface area is 195 Å². The summed E-state index contributed by atoms with van der Waals surface area (Å²) in [5.41, 5.74) is 2.00. The van der Waals surface area contributed by atoms with E-state index in [0.29, 0.717) is 23.6 Å². The number of nitrogens with one attached hydrogen (secondary N) is 2. The van der Waals surface area contributed by atoms with E-state index in [1.54, 1.807) is 16.1 Å². The van der Waals surface area contributed by atoms with Crippen LogP contribution in [0.15, 0.2) is 64.0 Å². The van der Waals surface area contributed by atoms with E-state index in [0.717, 1.165) is 23.5 Å². The van der Waals surface area contributed by atoms with E-state index in [-0.39, 0.29) is 30.2 Å². The largest absolute Gasteiger partial charge is 0.469 e. The van der Waals surface area contributed by atoms with Gasteiger partial charge in [-0.3, -0.25) is 18.7 Å². The number of benzene rings is 2. The van der Waals surface area contributed by atoms with Gasteiger partial charge in [0.25, 0.3) is 5.91 Å². The Balaban J connectivity index is 1.46. The molecule has 2 aromatic heterocycles.